The van der Waals surface area contributed by atoms with Crippen molar-refractivity contribution >= 4 is 0 Å². The lowest BCUT2D eigenvalue weighted by Crippen LogP contribution is -2.37. The first kappa shape index (κ1) is 15.7. The van der Waals surface area contributed by atoms with Gasteiger partial charge in [0.2, 0.25) is 0 Å². The van der Waals surface area contributed by atoms with Crippen LogP contribution in [0, 0.1) is 17.2 Å². The average Bonchev–Trinajstić information content (AvgIpc) is 2.47. The summed E-state index contributed by atoms with van der Waals surface area (Å²) in [6, 6.07) is 6.35. The van der Waals surface area contributed by atoms with E-state index >= 15 is 0 Å². The van der Waals surface area contributed by atoms with E-state index in [0.29, 0.717) is 0 Å². The first-order valence-electron chi connectivity index (χ1n) is 8.50. The molecule has 0 fully saturated rings. The summed E-state index contributed by atoms with van der Waals surface area (Å²) in [5, 5.41) is 11.1. The summed E-state index contributed by atoms with van der Waals surface area (Å²) in [6.07, 6.45) is 6.90. The summed E-state index contributed by atoms with van der Waals surface area (Å²) in [4.78, 5) is 0. The minimum absolute atomic E-state index is 0.217. The van der Waals surface area contributed by atoms with Crippen molar-refractivity contribution in [3.8, 4) is 0 Å². The SMILES string of the molecule is CC1(C)CCCC2=C1CC(C(C)(O)c1ccc(F)cc1)CC2. The fourth-order valence-electron chi connectivity index (χ4n) is 4.42. The van der Waals surface area contributed by atoms with Crippen molar-refractivity contribution in [1.82, 2.24) is 0 Å². The molecule has 3 rings (SSSR count). The van der Waals surface area contributed by atoms with Crippen molar-refractivity contribution in [1.29, 1.82) is 0 Å². The summed E-state index contributed by atoms with van der Waals surface area (Å²) in [7, 11) is 0. The Hall–Kier alpha value is -1.15. The molecule has 0 saturated heterocycles. The second-order valence-electron chi connectivity index (χ2n) is 7.91. The van der Waals surface area contributed by atoms with E-state index < -0.39 is 5.60 Å². The van der Waals surface area contributed by atoms with Crippen molar-refractivity contribution in [2.75, 3.05) is 0 Å². The van der Waals surface area contributed by atoms with E-state index in [1.165, 1.54) is 31.4 Å². The molecule has 2 unspecified atom stereocenters. The molecule has 0 radical (unpaired) electrons. The quantitative estimate of drug-likeness (QED) is 0.731. The number of rotatable bonds is 2. The highest BCUT2D eigenvalue weighted by Crippen LogP contribution is 2.51. The Kier molecular flexibility index (Phi) is 3.92. The summed E-state index contributed by atoms with van der Waals surface area (Å²) < 4.78 is 13.2. The molecule has 0 aromatic heterocycles. The maximum absolute atomic E-state index is 13.2. The van der Waals surface area contributed by atoms with Crippen molar-refractivity contribution in [3.05, 3.63) is 46.8 Å². The third kappa shape index (κ3) is 2.74. The number of hydrogen-bond acceptors (Lipinski definition) is 1. The second-order valence-corrected chi connectivity index (χ2v) is 7.91. The number of aliphatic hydroxyl groups is 1. The van der Waals surface area contributed by atoms with Crippen LogP contribution in [0.3, 0.4) is 0 Å². The van der Waals surface area contributed by atoms with Crippen molar-refractivity contribution in [2.24, 2.45) is 11.3 Å². The van der Waals surface area contributed by atoms with Gasteiger partial charge in [-0.15, -0.1) is 0 Å². The van der Waals surface area contributed by atoms with Crippen LogP contribution in [-0.2, 0) is 5.60 Å². The Morgan fingerprint density at radius 3 is 2.55 bits per heavy atom. The minimum Gasteiger partial charge on any atom is -0.385 e. The smallest absolute Gasteiger partial charge is 0.123 e. The van der Waals surface area contributed by atoms with Crippen LogP contribution in [-0.4, -0.2) is 5.11 Å². The van der Waals surface area contributed by atoms with Gasteiger partial charge in [0.25, 0.3) is 0 Å². The van der Waals surface area contributed by atoms with E-state index in [-0.39, 0.29) is 17.2 Å². The van der Waals surface area contributed by atoms with Crippen LogP contribution in [0.1, 0.15) is 64.9 Å². The molecule has 1 aromatic carbocycles. The summed E-state index contributed by atoms with van der Waals surface area (Å²) in [5.74, 6) is -0.0318. The fourth-order valence-corrected chi connectivity index (χ4v) is 4.42. The molecule has 1 aromatic rings. The molecular weight excluding hydrogens is 275 g/mol. The minimum atomic E-state index is -0.889. The summed E-state index contributed by atoms with van der Waals surface area (Å²) in [5.41, 5.74) is 3.43. The normalized spacial score (nSPS) is 27.2. The molecule has 0 bridgehead atoms. The zero-order valence-corrected chi connectivity index (χ0v) is 14.0. The molecule has 2 aliphatic rings. The Bertz CT molecular complexity index is 580. The standard InChI is InChI=1S/C20H27FO/c1-19(2)12-4-5-14-6-7-16(13-18(14)19)20(3,22)15-8-10-17(21)11-9-15/h8-11,16,22H,4-7,12-13H2,1-3H3. The Labute approximate surface area is 133 Å². The lowest BCUT2D eigenvalue weighted by atomic mass is 9.62. The van der Waals surface area contributed by atoms with Crippen LogP contribution in [0.2, 0.25) is 0 Å². The van der Waals surface area contributed by atoms with Crippen LogP contribution in [0.4, 0.5) is 4.39 Å². The highest BCUT2D eigenvalue weighted by molar-refractivity contribution is 5.30. The molecule has 120 valence electrons. The summed E-state index contributed by atoms with van der Waals surface area (Å²) in [6.45, 7) is 6.58. The fraction of sp³-hybridized carbons (Fsp3) is 0.600. The van der Waals surface area contributed by atoms with Gasteiger partial charge in [-0.2, -0.15) is 0 Å². The second kappa shape index (κ2) is 5.49. The first-order chi connectivity index (χ1) is 10.3. The number of allylic oxidation sites excluding steroid dienone is 2. The van der Waals surface area contributed by atoms with Gasteiger partial charge in [0.1, 0.15) is 5.82 Å². The van der Waals surface area contributed by atoms with Gasteiger partial charge in [-0.05, 0) is 74.5 Å². The highest BCUT2D eigenvalue weighted by atomic mass is 19.1. The van der Waals surface area contributed by atoms with Crippen LogP contribution in [0.15, 0.2) is 35.4 Å². The van der Waals surface area contributed by atoms with Crippen LogP contribution >= 0.6 is 0 Å². The molecule has 1 N–H and O–H groups in total. The lowest BCUT2D eigenvalue weighted by molar-refractivity contribution is -0.0150. The van der Waals surface area contributed by atoms with E-state index in [4.69, 9.17) is 0 Å². The van der Waals surface area contributed by atoms with Gasteiger partial charge in [0.05, 0.1) is 5.60 Å². The molecule has 22 heavy (non-hydrogen) atoms. The van der Waals surface area contributed by atoms with E-state index in [9.17, 15) is 9.50 Å². The predicted octanol–water partition coefficient (Wildman–Crippen LogP) is 5.34. The van der Waals surface area contributed by atoms with Crippen molar-refractivity contribution in [3.63, 3.8) is 0 Å². The maximum Gasteiger partial charge on any atom is 0.123 e. The van der Waals surface area contributed by atoms with Crippen molar-refractivity contribution < 1.29 is 9.50 Å². The molecule has 2 heteroatoms. The molecule has 0 aliphatic heterocycles. The number of hydrogen-bond donors (Lipinski definition) is 1. The van der Waals surface area contributed by atoms with Gasteiger partial charge >= 0.3 is 0 Å². The van der Waals surface area contributed by atoms with Gasteiger partial charge in [-0.25, -0.2) is 4.39 Å². The van der Waals surface area contributed by atoms with Gasteiger partial charge in [-0.1, -0.05) is 37.1 Å². The van der Waals surface area contributed by atoms with Gasteiger partial charge in [-0.3, -0.25) is 0 Å². The zero-order chi connectivity index (χ0) is 16.0. The molecule has 0 saturated carbocycles. The van der Waals surface area contributed by atoms with Crippen LogP contribution < -0.4 is 0 Å². The monoisotopic (exact) mass is 302 g/mol. The topological polar surface area (TPSA) is 20.2 Å². The Morgan fingerprint density at radius 2 is 1.86 bits per heavy atom. The molecule has 2 atom stereocenters. The van der Waals surface area contributed by atoms with Gasteiger partial charge in [0.15, 0.2) is 0 Å². The van der Waals surface area contributed by atoms with E-state index in [2.05, 4.69) is 13.8 Å². The third-order valence-electron chi connectivity index (χ3n) is 5.99. The van der Waals surface area contributed by atoms with Gasteiger partial charge in [0, 0.05) is 0 Å². The first-order valence-corrected chi connectivity index (χ1v) is 8.50. The zero-order valence-electron chi connectivity index (χ0n) is 14.0. The lowest BCUT2D eigenvalue weighted by Gasteiger charge is -2.44. The van der Waals surface area contributed by atoms with E-state index in [0.717, 1.165) is 24.8 Å². The Morgan fingerprint density at radius 1 is 1.18 bits per heavy atom. The van der Waals surface area contributed by atoms with Crippen LogP contribution in [0.5, 0.6) is 0 Å². The maximum atomic E-state index is 13.2. The molecule has 0 spiro atoms. The van der Waals surface area contributed by atoms with Gasteiger partial charge < -0.3 is 5.11 Å². The molecular formula is C20H27FO. The van der Waals surface area contributed by atoms with E-state index in [1.807, 2.05) is 6.92 Å². The predicted molar refractivity (Wildman–Crippen MR) is 88.0 cm³/mol. The molecule has 0 heterocycles. The average molecular weight is 302 g/mol. The number of benzene rings is 1. The molecule has 2 aliphatic carbocycles. The van der Waals surface area contributed by atoms with Crippen LogP contribution in [0.25, 0.3) is 0 Å². The summed E-state index contributed by atoms with van der Waals surface area (Å²) >= 11 is 0. The molecule has 1 nitrogen and oxygen atoms in total. The van der Waals surface area contributed by atoms with Crippen molar-refractivity contribution in [2.45, 2.75) is 64.9 Å². The third-order valence-corrected chi connectivity index (χ3v) is 5.99. The Balaban J connectivity index is 1.87. The largest absolute Gasteiger partial charge is 0.385 e. The molecule has 0 amide bonds. The highest BCUT2D eigenvalue weighted by Gasteiger charge is 2.41. The van der Waals surface area contributed by atoms with E-state index in [1.54, 1.807) is 23.3 Å². The number of halogens is 1.